The van der Waals surface area contributed by atoms with Crippen molar-refractivity contribution in [2.45, 2.75) is 71.6 Å². The van der Waals surface area contributed by atoms with Crippen LogP contribution in [0, 0.1) is 0 Å². The lowest BCUT2D eigenvalue weighted by atomic mass is 10.1. The van der Waals surface area contributed by atoms with Gasteiger partial charge in [0.25, 0.3) is 0 Å². The van der Waals surface area contributed by atoms with E-state index in [9.17, 15) is 19.5 Å². The Morgan fingerprint density at radius 2 is 1.48 bits per heavy atom. The smallest absolute Gasteiger partial charge is 0.408 e. The maximum atomic E-state index is 11.8. The van der Waals surface area contributed by atoms with Crippen molar-refractivity contribution >= 4 is 18.2 Å². The molecule has 1 aromatic carbocycles. The van der Waals surface area contributed by atoms with Crippen molar-refractivity contribution < 1.29 is 33.7 Å². The monoisotopic (exact) mass is 438 g/mol. The number of carboxylic acids is 1. The Morgan fingerprint density at radius 1 is 0.935 bits per heavy atom. The van der Waals surface area contributed by atoms with Gasteiger partial charge in [0, 0.05) is 13.0 Å². The number of carbonyl (C=O) groups is 3. The average Bonchev–Trinajstić information content (AvgIpc) is 2.59. The third kappa shape index (κ3) is 12.3. The van der Waals surface area contributed by atoms with E-state index < -0.39 is 35.4 Å². The number of rotatable bonds is 9. The lowest BCUT2D eigenvalue weighted by molar-refractivity contribution is -0.139. The highest BCUT2D eigenvalue weighted by atomic mass is 16.6. The molecule has 2 amide bonds. The zero-order valence-electron chi connectivity index (χ0n) is 19.1. The zero-order valence-corrected chi connectivity index (χ0v) is 19.1. The van der Waals surface area contributed by atoms with Crippen LogP contribution in [0.4, 0.5) is 9.59 Å². The molecule has 1 rings (SSSR count). The van der Waals surface area contributed by atoms with E-state index in [1.165, 1.54) is 0 Å². The van der Waals surface area contributed by atoms with Gasteiger partial charge in [0.2, 0.25) is 0 Å². The topological polar surface area (TPSA) is 123 Å². The van der Waals surface area contributed by atoms with E-state index in [0.29, 0.717) is 25.3 Å². The van der Waals surface area contributed by atoms with Crippen molar-refractivity contribution in [2.24, 2.45) is 0 Å². The van der Waals surface area contributed by atoms with Gasteiger partial charge in [-0.25, -0.2) is 14.4 Å². The molecule has 0 aromatic heterocycles. The maximum absolute atomic E-state index is 11.8. The normalized spacial score (nSPS) is 12.5. The van der Waals surface area contributed by atoms with Crippen molar-refractivity contribution in [2.75, 3.05) is 13.2 Å². The zero-order chi connectivity index (χ0) is 23.7. The van der Waals surface area contributed by atoms with Crippen molar-refractivity contribution in [1.29, 1.82) is 0 Å². The maximum Gasteiger partial charge on any atom is 0.408 e. The Bertz CT molecular complexity index is 734. The fraction of sp³-hybridized carbons (Fsp3) is 0.591. The summed E-state index contributed by atoms with van der Waals surface area (Å²) >= 11 is 0. The van der Waals surface area contributed by atoms with Gasteiger partial charge in [-0.3, -0.25) is 0 Å². The molecular formula is C22H34N2O7. The molecule has 0 fully saturated rings. The molecule has 31 heavy (non-hydrogen) atoms. The van der Waals surface area contributed by atoms with Gasteiger partial charge in [0.15, 0.2) is 0 Å². The minimum absolute atomic E-state index is 0.106. The van der Waals surface area contributed by atoms with Gasteiger partial charge in [-0.15, -0.1) is 0 Å². The number of hydrogen-bond acceptors (Lipinski definition) is 6. The minimum atomic E-state index is -1.15. The second kappa shape index (κ2) is 11.4. The Labute approximate surface area is 183 Å². The van der Waals surface area contributed by atoms with Gasteiger partial charge in [-0.05, 0) is 65.7 Å². The summed E-state index contributed by atoms with van der Waals surface area (Å²) < 4.78 is 15.9. The number of amides is 2. The SMILES string of the molecule is CC(C)(C)OC(=O)NCCCOc1ccc(C[C@H](NC(=O)OC(C)(C)C)C(=O)O)cc1. The van der Waals surface area contributed by atoms with Crippen molar-refractivity contribution in [1.82, 2.24) is 10.6 Å². The largest absolute Gasteiger partial charge is 0.494 e. The van der Waals surface area contributed by atoms with E-state index in [2.05, 4.69) is 10.6 Å². The van der Waals surface area contributed by atoms with Crippen LogP contribution in [0.3, 0.4) is 0 Å². The molecular weight excluding hydrogens is 404 g/mol. The first-order valence-corrected chi connectivity index (χ1v) is 10.2. The number of carbonyl (C=O) groups excluding carboxylic acids is 2. The molecule has 0 spiro atoms. The molecule has 0 aliphatic carbocycles. The van der Waals surface area contributed by atoms with E-state index in [1.54, 1.807) is 65.8 Å². The first kappa shape index (κ1) is 26.1. The summed E-state index contributed by atoms with van der Waals surface area (Å²) in [6.07, 6.45) is -0.541. The highest BCUT2D eigenvalue weighted by molar-refractivity contribution is 5.80. The van der Waals surface area contributed by atoms with Crippen LogP contribution in [0.2, 0.25) is 0 Å². The van der Waals surface area contributed by atoms with Crippen molar-refractivity contribution in [3.05, 3.63) is 29.8 Å². The van der Waals surface area contributed by atoms with Crippen LogP contribution in [-0.4, -0.2) is 53.7 Å². The Kier molecular flexibility index (Phi) is 9.61. The minimum Gasteiger partial charge on any atom is -0.494 e. The number of hydrogen-bond donors (Lipinski definition) is 3. The van der Waals surface area contributed by atoms with Crippen molar-refractivity contribution in [3.63, 3.8) is 0 Å². The summed E-state index contributed by atoms with van der Waals surface area (Å²) in [6, 6.07) is 5.81. The third-order valence-corrected chi connectivity index (χ3v) is 3.61. The van der Waals surface area contributed by atoms with Crippen LogP contribution in [0.15, 0.2) is 24.3 Å². The molecule has 0 saturated heterocycles. The summed E-state index contributed by atoms with van der Waals surface area (Å²) in [7, 11) is 0. The van der Waals surface area contributed by atoms with Gasteiger partial charge >= 0.3 is 18.2 Å². The highest BCUT2D eigenvalue weighted by Crippen LogP contribution is 2.14. The first-order chi connectivity index (χ1) is 14.2. The molecule has 0 unspecified atom stereocenters. The number of carboxylic acid groups (broad SMARTS) is 1. The Balaban J connectivity index is 2.43. The standard InChI is InChI=1S/C22H34N2O7/c1-21(2,3)30-19(27)23-12-7-13-29-16-10-8-15(9-11-16)14-17(18(25)26)24-20(28)31-22(4,5)6/h8-11,17H,7,12-14H2,1-6H3,(H,23,27)(H,24,28)(H,25,26)/t17-/m0/s1. The first-order valence-electron chi connectivity index (χ1n) is 10.2. The number of nitrogens with one attached hydrogen (secondary N) is 2. The van der Waals surface area contributed by atoms with Gasteiger partial charge < -0.3 is 30.0 Å². The van der Waals surface area contributed by atoms with E-state index in [-0.39, 0.29) is 6.42 Å². The Hall–Kier alpha value is -2.97. The molecule has 1 atom stereocenters. The number of benzene rings is 1. The fourth-order valence-corrected chi connectivity index (χ4v) is 2.37. The molecule has 0 bridgehead atoms. The second-order valence-corrected chi connectivity index (χ2v) is 9.02. The van der Waals surface area contributed by atoms with E-state index in [4.69, 9.17) is 14.2 Å². The quantitative estimate of drug-likeness (QED) is 0.504. The second-order valence-electron chi connectivity index (χ2n) is 9.02. The lowest BCUT2D eigenvalue weighted by Gasteiger charge is -2.22. The predicted molar refractivity (Wildman–Crippen MR) is 115 cm³/mol. The van der Waals surface area contributed by atoms with Crippen LogP contribution >= 0.6 is 0 Å². The van der Waals surface area contributed by atoms with Crippen LogP contribution in [0.25, 0.3) is 0 Å². The lowest BCUT2D eigenvalue weighted by Crippen LogP contribution is -2.44. The van der Waals surface area contributed by atoms with Crippen LogP contribution < -0.4 is 15.4 Å². The molecule has 174 valence electrons. The van der Waals surface area contributed by atoms with Crippen LogP contribution in [0.5, 0.6) is 5.75 Å². The van der Waals surface area contributed by atoms with Crippen molar-refractivity contribution in [3.8, 4) is 5.75 Å². The summed E-state index contributed by atoms with van der Waals surface area (Å²) in [5.74, 6) is -0.531. The summed E-state index contributed by atoms with van der Waals surface area (Å²) in [5.41, 5.74) is -0.527. The molecule has 0 aliphatic rings. The number of alkyl carbamates (subject to hydrolysis) is 2. The molecule has 0 radical (unpaired) electrons. The Morgan fingerprint density at radius 3 is 2.00 bits per heavy atom. The molecule has 9 heteroatoms. The average molecular weight is 439 g/mol. The molecule has 9 nitrogen and oxygen atoms in total. The summed E-state index contributed by atoms with van der Waals surface area (Å²) in [4.78, 5) is 34.9. The molecule has 0 heterocycles. The van der Waals surface area contributed by atoms with Gasteiger partial charge in [-0.1, -0.05) is 12.1 Å². The molecule has 0 saturated carbocycles. The third-order valence-electron chi connectivity index (χ3n) is 3.61. The van der Waals surface area contributed by atoms with E-state index in [0.717, 1.165) is 5.56 Å². The van der Waals surface area contributed by atoms with Gasteiger partial charge in [0.1, 0.15) is 23.0 Å². The summed E-state index contributed by atoms with van der Waals surface area (Å²) in [5, 5.41) is 14.4. The predicted octanol–water partition coefficient (Wildman–Crippen LogP) is 3.50. The number of aliphatic carboxylic acids is 1. The van der Waals surface area contributed by atoms with Gasteiger partial charge in [0.05, 0.1) is 6.61 Å². The van der Waals surface area contributed by atoms with E-state index >= 15 is 0 Å². The molecule has 1 aromatic rings. The summed E-state index contributed by atoms with van der Waals surface area (Å²) in [6.45, 7) is 11.3. The van der Waals surface area contributed by atoms with Gasteiger partial charge in [-0.2, -0.15) is 0 Å². The fourth-order valence-electron chi connectivity index (χ4n) is 2.37. The highest BCUT2D eigenvalue weighted by Gasteiger charge is 2.24. The van der Waals surface area contributed by atoms with Crippen LogP contribution in [-0.2, 0) is 20.7 Å². The number of ether oxygens (including phenoxy) is 3. The molecule has 3 N–H and O–H groups in total. The van der Waals surface area contributed by atoms with E-state index in [1.807, 2.05) is 0 Å². The van der Waals surface area contributed by atoms with Crippen LogP contribution in [0.1, 0.15) is 53.5 Å². The molecule has 0 aliphatic heterocycles.